The van der Waals surface area contributed by atoms with Gasteiger partial charge in [0.15, 0.2) is 0 Å². The van der Waals surface area contributed by atoms with Gasteiger partial charge in [0.1, 0.15) is 5.69 Å². The van der Waals surface area contributed by atoms with Gasteiger partial charge in [0, 0.05) is 21.8 Å². The molecule has 0 aliphatic heterocycles. The molecule has 3 nitrogen and oxygen atoms in total. The molecule has 1 heterocycles. The number of hydrogen-bond donors (Lipinski definition) is 0. The highest BCUT2D eigenvalue weighted by Gasteiger charge is 2.17. The second kappa shape index (κ2) is 6.33. The quantitative estimate of drug-likeness (QED) is 0.787. The molecule has 0 spiro atoms. The number of nitrogens with zero attached hydrogens (tertiary/aromatic N) is 1. The van der Waals surface area contributed by atoms with Crippen LogP contribution in [0.4, 0.5) is 0 Å². The van der Waals surface area contributed by atoms with Crippen molar-refractivity contribution in [3.05, 3.63) is 57.3 Å². The lowest BCUT2D eigenvalue weighted by Gasteiger charge is -2.12. The zero-order valence-electron chi connectivity index (χ0n) is 11.3. The van der Waals surface area contributed by atoms with Gasteiger partial charge in [0.05, 0.1) is 13.2 Å². The third-order valence-corrected chi connectivity index (χ3v) is 3.73. The molecule has 20 heavy (non-hydrogen) atoms. The summed E-state index contributed by atoms with van der Waals surface area (Å²) in [4.78, 5) is 12.0. The Morgan fingerprint density at radius 2 is 1.90 bits per heavy atom. The van der Waals surface area contributed by atoms with Gasteiger partial charge in [0.2, 0.25) is 0 Å². The van der Waals surface area contributed by atoms with E-state index in [2.05, 4.69) is 0 Å². The number of aryl methyl sites for hydroxylation is 1. The number of hydrogen-bond acceptors (Lipinski definition) is 2. The van der Waals surface area contributed by atoms with Crippen LogP contribution in [0.5, 0.6) is 0 Å². The van der Waals surface area contributed by atoms with Gasteiger partial charge < -0.3 is 9.30 Å². The fourth-order valence-corrected chi connectivity index (χ4v) is 2.56. The molecule has 0 atom stereocenters. The average Bonchev–Trinajstić information content (AvgIpc) is 2.75. The lowest BCUT2D eigenvalue weighted by Crippen LogP contribution is -2.14. The summed E-state index contributed by atoms with van der Waals surface area (Å²) >= 11 is 12.3. The maximum atomic E-state index is 12.0. The summed E-state index contributed by atoms with van der Waals surface area (Å²) in [5, 5.41) is 1.16. The molecule has 0 amide bonds. The van der Waals surface area contributed by atoms with Crippen LogP contribution in [0.2, 0.25) is 10.0 Å². The van der Waals surface area contributed by atoms with Crippen molar-refractivity contribution >= 4 is 29.2 Å². The number of aromatic nitrogens is 1. The number of carbonyl (C=O) groups is 1. The first-order chi connectivity index (χ1) is 9.54. The van der Waals surface area contributed by atoms with Gasteiger partial charge in [-0.1, -0.05) is 29.3 Å². The predicted molar refractivity (Wildman–Crippen MR) is 80.7 cm³/mol. The van der Waals surface area contributed by atoms with Crippen molar-refractivity contribution in [2.45, 2.75) is 20.4 Å². The molecule has 0 unspecified atom stereocenters. The van der Waals surface area contributed by atoms with Gasteiger partial charge in [-0.25, -0.2) is 4.79 Å². The SMILES string of the molecule is CCOC(=O)c1c(C)ccn1Cc1c(Cl)cccc1Cl. The second-order valence-corrected chi connectivity index (χ2v) is 5.21. The molecular formula is C15H15Cl2NO2. The molecule has 0 radical (unpaired) electrons. The third-order valence-electron chi connectivity index (χ3n) is 3.02. The molecule has 5 heteroatoms. The summed E-state index contributed by atoms with van der Waals surface area (Å²) in [5.41, 5.74) is 2.19. The Morgan fingerprint density at radius 3 is 2.50 bits per heavy atom. The van der Waals surface area contributed by atoms with Crippen LogP contribution in [0.25, 0.3) is 0 Å². The molecule has 1 aromatic heterocycles. The normalized spacial score (nSPS) is 10.6. The summed E-state index contributed by atoms with van der Waals surface area (Å²) in [6, 6.07) is 7.23. The molecule has 1 aromatic carbocycles. The van der Waals surface area contributed by atoms with Crippen LogP contribution in [-0.4, -0.2) is 17.1 Å². The number of carbonyl (C=O) groups excluding carboxylic acids is 1. The minimum absolute atomic E-state index is 0.335. The largest absolute Gasteiger partial charge is 0.461 e. The Hall–Kier alpha value is -1.45. The van der Waals surface area contributed by atoms with Crippen molar-refractivity contribution in [2.75, 3.05) is 6.61 Å². The highest BCUT2D eigenvalue weighted by atomic mass is 35.5. The molecule has 2 aromatic rings. The topological polar surface area (TPSA) is 31.2 Å². The zero-order valence-corrected chi connectivity index (χ0v) is 12.8. The van der Waals surface area contributed by atoms with Crippen LogP contribution in [0.15, 0.2) is 30.5 Å². The highest BCUT2D eigenvalue weighted by molar-refractivity contribution is 6.35. The number of esters is 1. The first-order valence-electron chi connectivity index (χ1n) is 6.30. The van der Waals surface area contributed by atoms with Crippen molar-refractivity contribution in [1.29, 1.82) is 0 Å². The summed E-state index contributed by atoms with van der Waals surface area (Å²) in [6.07, 6.45) is 1.83. The predicted octanol–water partition coefficient (Wildman–Crippen LogP) is 4.33. The minimum atomic E-state index is -0.335. The standard InChI is InChI=1S/C15H15Cl2NO2/c1-3-20-15(19)14-10(2)7-8-18(14)9-11-12(16)5-4-6-13(11)17/h4-8H,3,9H2,1-2H3. The van der Waals surface area contributed by atoms with E-state index in [1.165, 1.54) is 0 Å². The van der Waals surface area contributed by atoms with Gasteiger partial charge in [-0.3, -0.25) is 0 Å². The van der Waals surface area contributed by atoms with Gasteiger partial charge in [-0.2, -0.15) is 0 Å². The molecule has 0 aliphatic carbocycles. The van der Waals surface area contributed by atoms with Crippen molar-refractivity contribution < 1.29 is 9.53 Å². The van der Waals surface area contributed by atoms with Crippen molar-refractivity contribution in [3.63, 3.8) is 0 Å². The van der Waals surface area contributed by atoms with Gasteiger partial charge >= 0.3 is 5.97 Å². The Labute approximate surface area is 128 Å². The van der Waals surface area contributed by atoms with E-state index in [1.807, 2.05) is 19.2 Å². The van der Waals surface area contributed by atoms with E-state index >= 15 is 0 Å². The van der Waals surface area contributed by atoms with Crippen LogP contribution < -0.4 is 0 Å². The van der Waals surface area contributed by atoms with Crippen LogP contribution in [0.3, 0.4) is 0 Å². The molecule has 0 aliphatic rings. The Balaban J connectivity index is 2.38. The summed E-state index contributed by atoms with van der Waals surface area (Å²) in [5.74, 6) is -0.335. The van der Waals surface area contributed by atoms with E-state index in [1.54, 1.807) is 29.7 Å². The van der Waals surface area contributed by atoms with Gasteiger partial charge in [-0.05, 0) is 37.6 Å². The molecule has 0 bridgehead atoms. The second-order valence-electron chi connectivity index (χ2n) is 4.40. The van der Waals surface area contributed by atoms with E-state index in [9.17, 15) is 4.79 Å². The van der Waals surface area contributed by atoms with Gasteiger partial charge in [-0.15, -0.1) is 0 Å². The lowest BCUT2D eigenvalue weighted by molar-refractivity contribution is 0.0513. The van der Waals surface area contributed by atoms with Crippen molar-refractivity contribution in [2.24, 2.45) is 0 Å². The smallest absolute Gasteiger partial charge is 0.355 e. The van der Waals surface area contributed by atoms with E-state index in [0.29, 0.717) is 28.9 Å². The van der Waals surface area contributed by atoms with Crippen molar-refractivity contribution in [1.82, 2.24) is 4.57 Å². The molecule has 0 N–H and O–H groups in total. The number of ether oxygens (including phenoxy) is 1. The maximum absolute atomic E-state index is 12.0. The highest BCUT2D eigenvalue weighted by Crippen LogP contribution is 2.26. The van der Waals surface area contributed by atoms with Crippen LogP contribution in [0.1, 0.15) is 28.5 Å². The first kappa shape index (κ1) is 14.9. The van der Waals surface area contributed by atoms with Crippen LogP contribution in [0, 0.1) is 6.92 Å². The average molecular weight is 312 g/mol. The maximum Gasteiger partial charge on any atom is 0.355 e. The van der Waals surface area contributed by atoms with E-state index < -0.39 is 0 Å². The fourth-order valence-electron chi connectivity index (χ4n) is 2.04. The van der Waals surface area contributed by atoms with Crippen LogP contribution in [-0.2, 0) is 11.3 Å². The van der Waals surface area contributed by atoms with E-state index in [-0.39, 0.29) is 5.97 Å². The summed E-state index contributed by atoms with van der Waals surface area (Å²) < 4.78 is 6.89. The lowest BCUT2D eigenvalue weighted by atomic mass is 10.2. The monoisotopic (exact) mass is 311 g/mol. The summed E-state index contributed by atoms with van der Waals surface area (Å²) in [6.45, 7) is 4.43. The Kier molecular flexibility index (Phi) is 4.73. The van der Waals surface area contributed by atoms with Crippen LogP contribution >= 0.6 is 23.2 Å². The molecule has 0 saturated carbocycles. The van der Waals surface area contributed by atoms with Crippen molar-refractivity contribution in [3.8, 4) is 0 Å². The minimum Gasteiger partial charge on any atom is -0.461 e. The zero-order chi connectivity index (χ0) is 14.7. The molecule has 106 valence electrons. The number of benzene rings is 1. The van der Waals surface area contributed by atoms with E-state index in [0.717, 1.165) is 11.1 Å². The molecule has 0 fully saturated rings. The fraction of sp³-hybridized carbons (Fsp3) is 0.267. The molecular weight excluding hydrogens is 297 g/mol. The number of rotatable bonds is 4. The Morgan fingerprint density at radius 1 is 1.25 bits per heavy atom. The number of halogens is 2. The van der Waals surface area contributed by atoms with E-state index in [4.69, 9.17) is 27.9 Å². The molecule has 0 saturated heterocycles. The summed E-state index contributed by atoms with van der Waals surface area (Å²) in [7, 11) is 0. The van der Waals surface area contributed by atoms with Gasteiger partial charge in [0.25, 0.3) is 0 Å². The molecule has 2 rings (SSSR count). The first-order valence-corrected chi connectivity index (χ1v) is 7.06. The Bertz CT molecular complexity index is 615. The third kappa shape index (κ3) is 3.00.